The summed E-state index contributed by atoms with van der Waals surface area (Å²) < 4.78 is 41.1. The van der Waals surface area contributed by atoms with Crippen LogP contribution in [0.2, 0.25) is 0 Å². The number of amidine groups is 1. The molecule has 2 aromatic rings. The van der Waals surface area contributed by atoms with Gasteiger partial charge in [0.05, 0.1) is 11.5 Å². The number of aromatic nitrogens is 2. The van der Waals surface area contributed by atoms with Crippen LogP contribution < -0.4 is 16.1 Å². The van der Waals surface area contributed by atoms with Crippen LogP contribution in [0.1, 0.15) is 18.5 Å². The first-order chi connectivity index (χ1) is 12.4. The quantitative estimate of drug-likeness (QED) is 0.217. The highest BCUT2D eigenvalue weighted by molar-refractivity contribution is 7.91. The summed E-state index contributed by atoms with van der Waals surface area (Å²) in [5, 5.41) is 25.8. The molecule has 0 atom stereocenters. The maximum atomic E-state index is 13.4. The van der Waals surface area contributed by atoms with Gasteiger partial charge >= 0.3 is 0 Å². The van der Waals surface area contributed by atoms with E-state index < -0.39 is 9.84 Å². The van der Waals surface area contributed by atoms with Gasteiger partial charge in [-0.05, 0) is 41.4 Å². The summed E-state index contributed by atoms with van der Waals surface area (Å²) in [4.78, 5) is 0. The minimum Gasteiger partial charge on any atom is -0.409 e. The average Bonchev–Trinajstić information content (AvgIpc) is 3.06. The van der Waals surface area contributed by atoms with Gasteiger partial charge in [-0.25, -0.2) is 17.4 Å². The summed E-state index contributed by atoms with van der Waals surface area (Å²) in [6.07, 6.45) is 0.871. The van der Waals surface area contributed by atoms with E-state index in [1.54, 1.807) is 13.9 Å². The van der Waals surface area contributed by atoms with Crippen molar-refractivity contribution in [2.75, 3.05) is 22.1 Å². The van der Waals surface area contributed by atoms with Crippen LogP contribution in [0.15, 0.2) is 28.0 Å². The fraction of sp³-hybridized carbons (Fsp3) is 0.357. The zero-order valence-corrected chi connectivity index (χ0v) is 14.8. The van der Waals surface area contributed by atoms with Crippen molar-refractivity contribution in [3.05, 3.63) is 29.7 Å². The van der Waals surface area contributed by atoms with Crippen molar-refractivity contribution in [3.63, 3.8) is 0 Å². The van der Waals surface area contributed by atoms with Gasteiger partial charge in [0.25, 0.3) is 0 Å². The van der Waals surface area contributed by atoms with Gasteiger partial charge in [-0.3, -0.25) is 0 Å². The minimum atomic E-state index is -2.98. The molecule has 0 radical (unpaired) electrons. The molecule has 1 saturated heterocycles. The lowest BCUT2D eigenvalue weighted by Crippen LogP contribution is -2.33. The fourth-order valence-electron chi connectivity index (χ4n) is 2.66. The third-order valence-electron chi connectivity index (χ3n) is 4.13. The number of nitrogens with one attached hydrogen (secondary N) is 2. The number of benzene rings is 1. The molecule has 1 fully saturated rings. The van der Waals surface area contributed by atoms with E-state index in [1.807, 2.05) is 0 Å². The van der Waals surface area contributed by atoms with Gasteiger partial charge in [-0.2, -0.15) is 0 Å². The lowest BCUT2D eigenvalue weighted by molar-refractivity contribution is 0.304. The SMILES string of the molecule is Bc1cc(N/C(=N\O)c2nonc2NC2CCS(=O)(=O)CC2)ccc1F. The summed E-state index contributed by atoms with van der Waals surface area (Å²) in [5.74, 6) is 0.0333. The van der Waals surface area contributed by atoms with Crippen molar-refractivity contribution in [1.29, 1.82) is 0 Å². The number of rotatable bonds is 4. The molecule has 0 saturated carbocycles. The van der Waals surface area contributed by atoms with Crippen LogP contribution in [0, 0.1) is 5.82 Å². The van der Waals surface area contributed by atoms with E-state index in [4.69, 9.17) is 4.63 Å². The number of oxime groups is 1. The predicted octanol–water partition coefficient (Wildman–Crippen LogP) is -0.296. The lowest BCUT2D eigenvalue weighted by atomic mass is 9.95. The largest absolute Gasteiger partial charge is 0.409 e. The minimum absolute atomic E-state index is 0.0387. The van der Waals surface area contributed by atoms with E-state index in [9.17, 15) is 18.0 Å². The first-order valence-corrected chi connectivity index (χ1v) is 9.75. The van der Waals surface area contributed by atoms with Crippen LogP contribution >= 0.6 is 0 Å². The molecular formula is C14H17BFN5O4S. The molecule has 138 valence electrons. The second kappa shape index (κ2) is 7.32. The molecule has 0 spiro atoms. The number of sulfone groups is 1. The Morgan fingerprint density at radius 2 is 2.08 bits per heavy atom. The Bertz CT molecular complexity index is 919. The van der Waals surface area contributed by atoms with Crippen molar-refractivity contribution in [1.82, 2.24) is 10.3 Å². The summed E-state index contributed by atoms with van der Waals surface area (Å²) in [7, 11) is -1.37. The number of hydrogen-bond acceptors (Lipinski definition) is 8. The normalized spacial score (nSPS) is 17.8. The molecule has 26 heavy (non-hydrogen) atoms. The second-order valence-corrected chi connectivity index (χ2v) is 8.37. The molecular weight excluding hydrogens is 364 g/mol. The van der Waals surface area contributed by atoms with Crippen LogP contribution in [0.25, 0.3) is 0 Å². The van der Waals surface area contributed by atoms with E-state index in [0.717, 1.165) is 0 Å². The molecule has 1 aromatic heterocycles. The molecule has 0 bridgehead atoms. The molecule has 12 heteroatoms. The van der Waals surface area contributed by atoms with E-state index in [1.165, 1.54) is 12.1 Å². The number of hydrogen-bond donors (Lipinski definition) is 3. The highest BCUT2D eigenvalue weighted by Crippen LogP contribution is 2.20. The topological polar surface area (TPSA) is 130 Å². The molecule has 2 heterocycles. The molecule has 9 nitrogen and oxygen atoms in total. The van der Waals surface area contributed by atoms with Crippen molar-refractivity contribution in [3.8, 4) is 0 Å². The molecule has 1 aromatic carbocycles. The zero-order chi connectivity index (χ0) is 18.7. The van der Waals surface area contributed by atoms with Crippen LogP contribution in [-0.4, -0.2) is 55.2 Å². The van der Waals surface area contributed by atoms with E-state index in [0.29, 0.717) is 24.0 Å². The molecule has 1 aliphatic heterocycles. The van der Waals surface area contributed by atoms with Gasteiger partial charge in [0.1, 0.15) is 23.5 Å². The standard InChI is InChI=1S/C14H17BFN5O4S/c15-10-7-9(1-2-11(10)16)18-13(19-22)12-14(21-25-20-12)17-8-3-5-26(23,24)6-4-8/h1-2,7-8,22H,3-6,15H2,(H,17,21)(H,18,19). The monoisotopic (exact) mass is 381 g/mol. The Labute approximate surface area is 149 Å². The van der Waals surface area contributed by atoms with Crippen molar-refractivity contribution in [2.24, 2.45) is 5.16 Å². The average molecular weight is 381 g/mol. The maximum Gasteiger partial charge on any atom is 0.203 e. The van der Waals surface area contributed by atoms with Crippen LogP contribution in [0.4, 0.5) is 15.9 Å². The van der Waals surface area contributed by atoms with Crippen LogP contribution in [0.3, 0.4) is 0 Å². The maximum absolute atomic E-state index is 13.4. The van der Waals surface area contributed by atoms with Crippen LogP contribution in [-0.2, 0) is 9.84 Å². The first kappa shape index (κ1) is 18.2. The van der Waals surface area contributed by atoms with E-state index in [-0.39, 0.29) is 40.7 Å². The highest BCUT2D eigenvalue weighted by Gasteiger charge is 2.26. The summed E-state index contributed by atoms with van der Waals surface area (Å²) >= 11 is 0. The summed E-state index contributed by atoms with van der Waals surface area (Å²) in [5.41, 5.74) is 1.05. The Balaban J connectivity index is 1.74. The van der Waals surface area contributed by atoms with Gasteiger partial charge in [-0.15, -0.1) is 0 Å². The van der Waals surface area contributed by atoms with E-state index >= 15 is 0 Å². The molecule has 1 aliphatic rings. The van der Waals surface area contributed by atoms with Gasteiger partial charge in [0, 0.05) is 11.7 Å². The Morgan fingerprint density at radius 3 is 2.73 bits per heavy atom. The number of nitrogens with zero attached hydrogens (tertiary/aromatic N) is 3. The van der Waals surface area contributed by atoms with Gasteiger partial charge in [0.15, 0.2) is 5.69 Å². The van der Waals surface area contributed by atoms with Gasteiger partial charge in [-0.1, -0.05) is 10.6 Å². The molecule has 3 N–H and O–H groups in total. The summed E-state index contributed by atoms with van der Waals surface area (Å²) in [6.45, 7) is 0. The lowest BCUT2D eigenvalue weighted by Gasteiger charge is -2.22. The third-order valence-corrected chi connectivity index (χ3v) is 5.84. The van der Waals surface area contributed by atoms with Crippen molar-refractivity contribution in [2.45, 2.75) is 18.9 Å². The predicted molar refractivity (Wildman–Crippen MR) is 96.1 cm³/mol. The van der Waals surface area contributed by atoms with E-state index in [2.05, 4.69) is 26.1 Å². The first-order valence-electron chi connectivity index (χ1n) is 7.93. The Kier molecular flexibility index (Phi) is 5.12. The highest BCUT2D eigenvalue weighted by atomic mass is 32.2. The molecule has 3 rings (SSSR count). The third kappa shape index (κ3) is 4.13. The number of halogens is 1. The molecule has 0 amide bonds. The Hall–Kier alpha value is -2.63. The zero-order valence-electron chi connectivity index (χ0n) is 13.9. The van der Waals surface area contributed by atoms with Crippen molar-refractivity contribution >= 4 is 40.5 Å². The number of anilines is 2. The summed E-state index contributed by atoms with van der Waals surface area (Å²) in [6, 6.07) is 4.21. The Morgan fingerprint density at radius 1 is 1.35 bits per heavy atom. The van der Waals surface area contributed by atoms with Gasteiger partial charge < -0.3 is 15.8 Å². The smallest absolute Gasteiger partial charge is 0.203 e. The van der Waals surface area contributed by atoms with Crippen molar-refractivity contribution < 1.29 is 22.6 Å². The molecule has 0 aliphatic carbocycles. The second-order valence-electron chi connectivity index (χ2n) is 6.07. The van der Waals surface area contributed by atoms with Crippen LogP contribution in [0.5, 0.6) is 0 Å². The molecule has 0 unspecified atom stereocenters. The van der Waals surface area contributed by atoms with Gasteiger partial charge in [0.2, 0.25) is 11.7 Å². The fourth-order valence-corrected chi connectivity index (χ4v) is 4.15.